The van der Waals surface area contributed by atoms with Crippen molar-refractivity contribution >= 4 is 11.8 Å². The Morgan fingerprint density at radius 1 is 0.938 bits per heavy atom. The summed E-state index contributed by atoms with van der Waals surface area (Å²) in [6.45, 7) is 0. The summed E-state index contributed by atoms with van der Waals surface area (Å²) in [5.74, 6) is 0. The van der Waals surface area contributed by atoms with Gasteiger partial charge in [0.2, 0.25) is 0 Å². The lowest BCUT2D eigenvalue weighted by Gasteiger charge is -2.38. The number of rotatable bonds is 4. The van der Waals surface area contributed by atoms with Crippen molar-refractivity contribution in [1.29, 1.82) is 0 Å². The zero-order chi connectivity index (χ0) is 21.7. The third-order valence-corrected chi connectivity index (χ3v) is 7.79. The number of pyridine rings is 1. The number of hydrogen-bond acceptors (Lipinski definition) is 4. The van der Waals surface area contributed by atoms with Gasteiger partial charge >= 0.3 is 0 Å². The summed E-state index contributed by atoms with van der Waals surface area (Å²) in [5, 5.41) is 8.92. The molecule has 2 aromatic heterocycles. The Morgan fingerprint density at radius 3 is 2.41 bits per heavy atom. The number of nitrogens with one attached hydrogen (secondary N) is 1. The molecule has 4 nitrogen and oxygen atoms in total. The van der Waals surface area contributed by atoms with Crippen molar-refractivity contribution < 1.29 is 0 Å². The van der Waals surface area contributed by atoms with Crippen LogP contribution in [0.5, 0.6) is 0 Å². The molecule has 6 rings (SSSR count). The number of benzene rings is 2. The van der Waals surface area contributed by atoms with E-state index in [0.29, 0.717) is 0 Å². The van der Waals surface area contributed by atoms with Gasteiger partial charge in [-0.2, -0.15) is 5.10 Å². The fourth-order valence-corrected chi connectivity index (χ4v) is 5.63. The lowest BCUT2D eigenvalue weighted by atomic mass is 9.72. The molecule has 0 unspecified atom stereocenters. The number of aromatic amines is 1. The maximum atomic E-state index is 6.56. The highest BCUT2D eigenvalue weighted by molar-refractivity contribution is 7.98. The van der Waals surface area contributed by atoms with Gasteiger partial charge in [0.15, 0.2) is 0 Å². The molecule has 0 aliphatic heterocycles. The molecule has 1 fully saturated rings. The molecule has 160 valence electrons. The Kier molecular flexibility index (Phi) is 4.70. The van der Waals surface area contributed by atoms with Crippen LogP contribution >= 0.6 is 11.8 Å². The quantitative estimate of drug-likeness (QED) is 0.386. The summed E-state index contributed by atoms with van der Waals surface area (Å²) in [7, 11) is 0. The molecule has 0 amide bonds. The fraction of sp³-hybridized carbons (Fsp3) is 0.259. The predicted octanol–water partition coefficient (Wildman–Crippen LogP) is 5.96. The standard InChI is InChI=1S/C27H26N4S/c1-32-26-20-12-13-23-22(25(20)30-31-26)16-21(17-6-3-2-4-7-17)24(29-23)18-8-10-19(11-9-18)27(28)14-5-15-27/h2-4,6-11,16H,5,12-15,28H2,1H3,(H,30,31). The first kappa shape index (κ1) is 19.8. The minimum Gasteiger partial charge on any atom is -0.321 e. The van der Waals surface area contributed by atoms with E-state index in [9.17, 15) is 0 Å². The Labute approximate surface area is 192 Å². The van der Waals surface area contributed by atoms with Crippen LogP contribution in [0, 0.1) is 0 Å². The number of nitrogens with two attached hydrogens (primary N) is 1. The molecule has 0 bridgehead atoms. The minimum atomic E-state index is -0.143. The molecule has 0 spiro atoms. The van der Waals surface area contributed by atoms with E-state index in [1.165, 1.54) is 28.7 Å². The smallest absolute Gasteiger partial charge is 0.121 e. The third-order valence-electron chi connectivity index (χ3n) is 7.07. The van der Waals surface area contributed by atoms with Gasteiger partial charge in [-0.3, -0.25) is 10.1 Å². The normalized spacial score (nSPS) is 16.2. The van der Waals surface area contributed by atoms with Gasteiger partial charge in [0.1, 0.15) is 5.03 Å². The van der Waals surface area contributed by atoms with E-state index in [1.54, 1.807) is 11.8 Å². The fourth-order valence-electron chi connectivity index (χ4n) is 5.04. The van der Waals surface area contributed by atoms with Crippen molar-refractivity contribution in [2.75, 3.05) is 6.26 Å². The van der Waals surface area contributed by atoms with Crippen LogP contribution in [-0.2, 0) is 18.4 Å². The zero-order valence-corrected chi connectivity index (χ0v) is 19.0. The van der Waals surface area contributed by atoms with E-state index in [4.69, 9.17) is 10.7 Å². The van der Waals surface area contributed by atoms with Crippen LogP contribution in [0.4, 0.5) is 0 Å². The van der Waals surface area contributed by atoms with Crippen LogP contribution in [-0.4, -0.2) is 21.4 Å². The van der Waals surface area contributed by atoms with Gasteiger partial charge in [0.25, 0.3) is 0 Å². The molecule has 1 saturated carbocycles. The number of aromatic nitrogens is 3. The van der Waals surface area contributed by atoms with Gasteiger partial charge in [-0.15, -0.1) is 11.8 Å². The lowest BCUT2D eigenvalue weighted by molar-refractivity contribution is 0.253. The van der Waals surface area contributed by atoms with Crippen LogP contribution in [0.1, 0.15) is 36.1 Å². The second kappa shape index (κ2) is 7.61. The number of nitrogens with zero attached hydrogens (tertiary/aromatic N) is 2. The Hall–Kier alpha value is -2.89. The highest BCUT2D eigenvalue weighted by Gasteiger charge is 2.34. The van der Waals surface area contributed by atoms with Crippen molar-refractivity contribution in [2.24, 2.45) is 5.73 Å². The minimum absolute atomic E-state index is 0.143. The Balaban J connectivity index is 1.51. The van der Waals surface area contributed by atoms with Gasteiger partial charge < -0.3 is 5.73 Å². The monoisotopic (exact) mass is 438 g/mol. The second-order valence-corrected chi connectivity index (χ2v) is 9.71. The van der Waals surface area contributed by atoms with Crippen molar-refractivity contribution in [2.45, 2.75) is 42.7 Å². The number of fused-ring (bicyclic) bond motifs is 3. The van der Waals surface area contributed by atoms with Gasteiger partial charge in [-0.25, -0.2) is 0 Å². The van der Waals surface area contributed by atoms with E-state index in [1.807, 2.05) is 0 Å². The molecular formula is C27H26N4S. The van der Waals surface area contributed by atoms with Gasteiger partial charge in [-0.1, -0.05) is 54.6 Å². The molecule has 4 aromatic rings. The van der Waals surface area contributed by atoms with E-state index >= 15 is 0 Å². The number of aryl methyl sites for hydroxylation is 1. The van der Waals surface area contributed by atoms with E-state index in [2.05, 4.69) is 77.1 Å². The van der Waals surface area contributed by atoms with Crippen LogP contribution in [0.3, 0.4) is 0 Å². The molecular weight excluding hydrogens is 412 g/mol. The summed E-state index contributed by atoms with van der Waals surface area (Å²) < 4.78 is 0. The predicted molar refractivity (Wildman–Crippen MR) is 132 cm³/mol. The van der Waals surface area contributed by atoms with E-state index < -0.39 is 0 Å². The summed E-state index contributed by atoms with van der Waals surface area (Å²) in [6, 6.07) is 21.6. The van der Waals surface area contributed by atoms with E-state index in [-0.39, 0.29) is 5.54 Å². The van der Waals surface area contributed by atoms with E-state index in [0.717, 1.165) is 58.9 Å². The molecule has 0 radical (unpaired) electrons. The molecule has 32 heavy (non-hydrogen) atoms. The highest BCUT2D eigenvalue weighted by Crippen LogP contribution is 2.42. The Bertz CT molecular complexity index is 1290. The average Bonchev–Trinajstić information content (AvgIpc) is 3.26. The summed E-state index contributed by atoms with van der Waals surface area (Å²) >= 11 is 1.70. The van der Waals surface area contributed by atoms with Gasteiger partial charge in [-0.05, 0) is 55.6 Å². The molecule has 5 heteroatoms. The topological polar surface area (TPSA) is 67.6 Å². The van der Waals surface area contributed by atoms with Crippen molar-refractivity contribution in [3.8, 4) is 33.6 Å². The molecule has 0 saturated heterocycles. The largest absolute Gasteiger partial charge is 0.321 e. The lowest BCUT2D eigenvalue weighted by Crippen LogP contribution is -2.43. The van der Waals surface area contributed by atoms with Crippen LogP contribution in [0.25, 0.3) is 33.6 Å². The third kappa shape index (κ3) is 3.11. The summed E-state index contributed by atoms with van der Waals surface area (Å²) in [4.78, 5) is 5.23. The molecule has 2 heterocycles. The second-order valence-electron chi connectivity index (χ2n) is 8.92. The SMILES string of the molecule is CSc1n[nH]c2c1CCc1nc(-c3ccc(C4(N)CCC4)cc3)c(-c3ccccc3)cc1-2. The molecule has 3 N–H and O–H groups in total. The maximum absolute atomic E-state index is 6.56. The zero-order valence-electron chi connectivity index (χ0n) is 18.2. The maximum Gasteiger partial charge on any atom is 0.121 e. The van der Waals surface area contributed by atoms with Gasteiger partial charge in [0.05, 0.1) is 17.1 Å². The number of thioether (sulfide) groups is 1. The summed E-state index contributed by atoms with van der Waals surface area (Å²) in [6.07, 6.45) is 7.35. The average molecular weight is 439 g/mol. The van der Waals surface area contributed by atoms with Crippen molar-refractivity contribution in [3.05, 3.63) is 77.5 Å². The Morgan fingerprint density at radius 2 is 1.72 bits per heavy atom. The van der Waals surface area contributed by atoms with Gasteiger partial charge in [0, 0.05) is 27.8 Å². The number of hydrogen-bond donors (Lipinski definition) is 2. The van der Waals surface area contributed by atoms with Crippen molar-refractivity contribution in [1.82, 2.24) is 15.2 Å². The first-order valence-corrected chi connectivity index (χ1v) is 12.5. The molecule has 2 aliphatic rings. The number of H-pyrrole nitrogens is 1. The van der Waals surface area contributed by atoms with Crippen LogP contribution in [0.15, 0.2) is 65.7 Å². The molecule has 0 atom stereocenters. The van der Waals surface area contributed by atoms with Crippen LogP contribution in [0.2, 0.25) is 0 Å². The van der Waals surface area contributed by atoms with Crippen LogP contribution < -0.4 is 5.73 Å². The first-order chi connectivity index (χ1) is 15.7. The highest BCUT2D eigenvalue weighted by atomic mass is 32.2. The summed E-state index contributed by atoms with van der Waals surface area (Å²) in [5.41, 5.74) is 16.9. The van der Waals surface area contributed by atoms with Crippen molar-refractivity contribution in [3.63, 3.8) is 0 Å². The molecule has 2 aromatic carbocycles. The first-order valence-electron chi connectivity index (χ1n) is 11.3. The molecule has 2 aliphatic carbocycles.